The van der Waals surface area contributed by atoms with Crippen molar-refractivity contribution in [2.24, 2.45) is 5.73 Å². The van der Waals surface area contributed by atoms with Crippen LogP contribution in [0, 0.1) is 6.92 Å². The molecule has 0 bridgehead atoms. The molecule has 1 amide bonds. The second-order valence-electron chi connectivity index (χ2n) is 3.17. The Morgan fingerprint density at radius 2 is 2.29 bits per heavy atom. The van der Waals surface area contributed by atoms with Crippen molar-refractivity contribution in [3.8, 4) is 0 Å². The van der Waals surface area contributed by atoms with Crippen molar-refractivity contribution in [3.05, 3.63) is 23.5 Å². The summed E-state index contributed by atoms with van der Waals surface area (Å²) >= 11 is 0. The molecule has 0 radical (unpaired) electrons. The molecule has 1 atom stereocenters. The molecule has 0 aliphatic rings. The standard InChI is InChI=1S/C9H14N4O/c1-6-3-4-8(13-12-6)5-11-9(14)7(2)10/h3-4,7H,5,10H2,1-2H3,(H,11,14). The molecular weight excluding hydrogens is 180 g/mol. The van der Waals surface area contributed by atoms with E-state index < -0.39 is 6.04 Å². The van der Waals surface area contributed by atoms with E-state index in [1.54, 1.807) is 6.92 Å². The molecule has 0 saturated heterocycles. The first-order chi connectivity index (χ1) is 6.59. The van der Waals surface area contributed by atoms with Crippen LogP contribution < -0.4 is 11.1 Å². The molecule has 5 nitrogen and oxygen atoms in total. The third kappa shape index (κ3) is 3.10. The van der Waals surface area contributed by atoms with Gasteiger partial charge in [0.15, 0.2) is 0 Å². The fraction of sp³-hybridized carbons (Fsp3) is 0.444. The quantitative estimate of drug-likeness (QED) is 0.695. The number of rotatable bonds is 3. The lowest BCUT2D eigenvalue weighted by Crippen LogP contribution is -2.38. The van der Waals surface area contributed by atoms with E-state index in [2.05, 4.69) is 15.5 Å². The number of hydrogen-bond donors (Lipinski definition) is 2. The van der Waals surface area contributed by atoms with E-state index in [0.717, 1.165) is 11.4 Å². The van der Waals surface area contributed by atoms with E-state index in [1.165, 1.54) is 0 Å². The Hall–Kier alpha value is -1.49. The lowest BCUT2D eigenvalue weighted by Gasteiger charge is -2.06. The number of carbonyl (C=O) groups excluding carboxylic acids is 1. The van der Waals surface area contributed by atoms with Crippen molar-refractivity contribution < 1.29 is 4.79 Å². The van der Waals surface area contributed by atoms with E-state index in [-0.39, 0.29) is 5.91 Å². The molecule has 1 aromatic rings. The van der Waals surface area contributed by atoms with Crippen molar-refractivity contribution in [2.75, 3.05) is 0 Å². The summed E-state index contributed by atoms with van der Waals surface area (Å²) in [6, 6.07) is 3.18. The van der Waals surface area contributed by atoms with Gasteiger partial charge in [-0.15, -0.1) is 0 Å². The van der Waals surface area contributed by atoms with Crippen LogP contribution in [0.3, 0.4) is 0 Å². The maximum atomic E-state index is 11.1. The normalized spacial score (nSPS) is 12.2. The molecule has 0 saturated carbocycles. The molecule has 1 aromatic heterocycles. The molecule has 3 N–H and O–H groups in total. The number of hydrogen-bond acceptors (Lipinski definition) is 4. The van der Waals surface area contributed by atoms with Crippen LogP contribution in [0.5, 0.6) is 0 Å². The van der Waals surface area contributed by atoms with Gasteiger partial charge in [0, 0.05) is 0 Å². The largest absolute Gasteiger partial charge is 0.349 e. The molecule has 1 rings (SSSR count). The second kappa shape index (κ2) is 4.66. The van der Waals surface area contributed by atoms with Crippen molar-refractivity contribution >= 4 is 5.91 Å². The summed E-state index contributed by atoms with van der Waals surface area (Å²) in [7, 11) is 0. The van der Waals surface area contributed by atoms with Crippen LogP contribution in [0.4, 0.5) is 0 Å². The van der Waals surface area contributed by atoms with E-state index in [9.17, 15) is 4.79 Å². The fourth-order valence-corrected chi connectivity index (χ4v) is 0.859. The van der Waals surface area contributed by atoms with Gasteiger partial charge in [-0.1, -0.05) is 0 Å². The van der Waals surface area contributed by atoms with Gasteiger partial charge >= 0.3 is 0 Å². The molecule has 0 aromatic carbocycles. The molecule has 14 heavy (non-hydrogen) atoms. The molecule has 0 fully saturated rings. The highest BCUT2D eigenvalue weighted by Crippen LogP contribution is 1.94. The van der Waals surface area contributed by atoms with Crippen LogP contribution in [0.1, 0.15) is 18.3 Å². The molecule has 5 heteroatoms. The summed E-state index contributed by atoms with van der Waals surface area (Å²) in [5.74, 6) is -0.188. The number of carbonyl (C=O) groups is 1. The summed E-state index contributed by atoms with van der Waals surface area (Å²) < 4.78 is 0. The summed E-state index contributed by atoms with van der Waals surface area (Å²) in [6.45, 7) is 3.86. The minimum absolute atomic E-state index is 0.188. The first-order valence-corrected chi connectivity index (χ1v) is 4.42. The van der Waals surface area contributed by atoms with Gasteiger partial charge in [-0.25, -0.2) is 0 Å². The van der Waals surface area contributed by atoms with Gasteiger partial charge in [-0.2, -0.15) is 10.2 Å². The van der Waals surface area contributed by atoms with Crippen LogP contribution in [-0.2, 0) is 11.3 Å². The lowest BCUT2D eigenvalue weighted by atomic mass is 10.3. The third-order valence-corrected chi connectivity index (χ3v) is 1.71. The number of amides is 1. The zero-order valence-electron chi connectivity index (χ0n) is 8.32. The Morgan fingerprint density at radius 3 is 2.79 bits per heavy atom. The fourth-order valence-electron chi connectivity index (χ4n) is 0.859. The van der Waals surface area contributed by atoms with Gasteiger partial charge in [0.05, 0.1) is 24.0 Å². The molecule has 76 valence electrons. The predicted octanol–water partition coefficient (Wildman–Crippen LogP) is -0.252. The molecule has 1 unspecified atom stereocenters. The first-order valence-electron chi connectivity index (χ1n) is 4.42. The summed E-state index contributed by atoms with van der Waals surface area (Å²) in [4.78, 5) is 11.1. The van der Waals surface area contributed by atoms with E-state index in [4.69, 9.17) is 5.73 Å². The molecule has 1 heterocycles. The van der Waals surface area contributed by atoms with Crippen LogP contribution in [0.2, 0.25) is 0 Å². The first kappa shape index (κ1) is 10.6. The molecule has 0 spiro atoms. The third-order valence-electron chi connectivity index (χ3n) is 1.71. The smallest absolute Gasteiger partial charge is 0.236 e. The summed E-state index contributed by atoms with van der Waals surface area (Å²) in [5, 5.41) is 10.4. The number of nitrogens with two attached hydrogens (primary N) is 1. The zero-order valence-corrected chi connectivity index (χ0v) is 8.32. The van der Waals surface area contributed by atoms with Crippen molar-refractivity contribution in [1.29, 1.82) is 0 Å². The Bertz CT molecular complexity index is 307. The highest BCUT2D eigenvalue weighted by atomic mass is 16.2. The van der Waals surface area contributed by atoms with E-state index >= 15 is 0 Å². The number of nitrogens with one attached hydrogen (secondary N) is 1. The van der Waals surface area contributed by atoms with Crippen LogP contribution in [-0.4, -0.2) is 22.1 Å². The monoisotopic (exact) mass is 194 g/mol. The molecular formula is C9H14N4O. The van der Waals surface area contributed by atoms with Gasteiger partial charge in [-0.05, 0) is 26.0 Å². The van der Waals surface area contributed by atoms with Gasteiger partial charge in [0.2, 0.25) is 5.91 Å². The highest BCUT2D eigenvalue weighted by Gasteiger charge is 2.06. The second-order valence-corrected chi connectivity index (χ2v) is 3.17. The van der Waals surface area contributed by atoms with Gasteiger partial charge in [0.25, 0.3) is 0 Å². The van der Waals surface area contributed by atoms with Gasteiger partial charge in [-0.3, -0.25) is 4.79 Å². The van der Waals surface area contributed by atoms with Crippen LogP contribution >= 0.6 is 0 Å². The Balaban J connectivity index is 2.46. The maximum absolute atomic E-state index is 11.1. The van der Waals surface area contributed by atoms with Crippen molar-refractivity contribution in [1.82, 2.24) is 15.5 Å². The van der Waals surface area contributed by atoms with Crippen LogP contribution in [0.15, 0.2) is 12.1 Å². The van der Waals surface area contributed by atoms with Crippen molar-refractivity contribution in [3.63, 3.8) is 0 Å². The van der Waals surface area contributed by atoms with Crippen LogP contribution in [0.25, 0.3) is 0 Å². The minimum Gasteiger partial charge on any atom is -0.349 e. The van der Waals surface area contributed by atoms with E-state index in [0.29, 0.717) is 6.54 Å². The predicted molar refractivity (Wildman–Crippen MR) is 52.3 cm³/mol. The molecule has 0 aliphatic heterocycles. The number of nitrogens with zero attached hydrogens (tertiary/aromatic N) is 2. The summed E-state index contributed by atoms with van der Waals surface area (Å²) in [5.41, 5.74) is 6.96. The molecule has 0 aliphatic carbocycles. The summed E-state index contributed by atoms with van der Waals surface area (Å²) in [6.07, 6.45) is 0. The number of aryl methyl sites for hydroxylation is 1. The van der Waals surface area contributed by atoms with Gasteiger partial charge < -0.3 is 11.1 Å². The Morgan fingerprint density at radius 1 is 1.57 bits per heavy atom. The maximum Gasteiger partial charge on any atom is 0.236 e. The SMILES string of the molecule is Cc1ccc(CNC(=O)C(C)N)nn1. The van der Waals surface area contributed by atoms with Gasteiger partial charge in [0.1, 0.15) is 0 Å². The number of aromatic nitrogens is 2. The average molecular weight is 194 g/mol. The lowest BCUT2D eigenvalue weighted by molar-refractivity contribution is -0.122. The zero-order chi connectivity index (χ0) is 10.6. The topological polar surface area (TPSA) is 80.9 Å². The Kier molecular flexibility index (Phi) is 3.53. The average Bonchev–Trinajstić information content (AvgIpc) is 2.16. The highest BCUT2D eigenvalue weighted by molar-refractivity contribution is 5.80. The van der Waals surface area contributed by atoms with Crippen molar-refractivity contribution in [2.45, 2.75) is 26.4 Å². The minimum atomic E-state index is -0.492. The Labute approximate surface area is 82.7 Å². The van der Waals surface area contributed by atoms with E-state index in [1.807, 2.05) is 19.1 Å².